The third-order valence-corrected chi connectivity index (χ3v) is 2.75. The molecule has 0 spiro atoms. The topological polar surface area (TPSA) is 30.7 Å². The van der Waals surface area contributed by atoms with Gasteiger partial charge in [0, 0.05) is 24.8 Å². The number of imidazole rings is 1. The van der Waals surface area contributed by atoms with Gasteiger partial charge in [0.15, 0.2) is 0 Å². The molecule has 13 heavy (non-hydrogen) atoms. The summed E-state index contributed by atoms with van der Waals surface area (Å²) in [4.78, 5) is 8.01. The monoisotopic (exact) mass is 301 g/mol. The fraction of sp³-hybridized carbons (Fsp3) is 0. The highest BCUT2D eigenvalue weighted by Gasteiger charge is 2.05. The molecule has 0 unspecified atom stereocenters. The van der Waals surface area contributed by atoms with E-state index >= 15 is 0 Å². The van der Waals surface area contributed by atoms with Crippen LogP contribution in [-0.2, 0) is 0 Å². The van der Waals surface area contributed by atoms with Gasteiger partial charge in [-0.05, 0) is 31.9 Å². The minimum Gasteiger partial charge on any atom is -0.304 e. The van der Waals surface area contributed by atoms with Crippen LogP contribution in [0.25, 0.3) is 5.69 Å². The van der Waals surface area contributed by atoms with Crippen LogP contribution >= 0.6 is 31.9 Å². The molecular weight excluding hydrogens is 298 g/mol. The molecule has 66 valence electrons. The van der Waals surface area contributed by atoms with Gasteiger partial charge in [0.25, 0.3) is 0 Å². The van der Waals surface area contributed by atoms with Gasteiger partial charge < -0.3 is 4.57 Å². The summed E-state index contributed by atoms with van der Waals surface area (Å²) in [5.74, 6) is 0. The van der Waals surface area contributed by atoms with E-state index in [1.54, 1.807) is 24.9 Å². The molecule has 0 amide bonds. The average Bonchev–Trinajstić information content (AvgIpc) is 2.57. The molecule has 0 bridgehead atoms. The molecule has 5 heteroatoms. The zero-order valence-electron chi connectivity index (χ0n) is 6.48. The predicted molar refractivity (Wildman–Crippen MR) is 56.8 cm³/mol. The van der Waals surface area contributed by atoms with Crippen LogP contribution in [0.5, 0.6) is 0 Å². The van der Waals surface area contributed by atoms with Crippen LogP contribution in [0.3, 0.4) is 0 Å². The lowest BCUT2D eigenvalue weighted by atomic mass is 10.4. The number of hydrogen-bond donors (Lipinski definition) is 0. The third kappa shape index (κ3) is 1.66. The van der Waals surface area contributed by atoms with Crippen LogP contribution in [0.1, 0.15) is 0 Å². The zero-order valence-corrected chi connectivity index (χ0v) is 9.66. The highest BCUT2D eigenvalue weighted by molar-refractivity contribution is 9.11. The normalized spacial score (nSPS) is 10.3. The van der Waals surface area contributed by atoms with Crippen molar-refractivity contribution in [2.75, 3.05) is 0 Å². The van der Waals surface area contributed by atoms with E-state index in [0.717, 1.165) is 14.6 Å². The van der Waals surface area contributed by atoms with Gasteiger partial charge in [0.05, 0.1) is 21.0 Å². The van der Waals surface area contributed by atoms with Crippen molar-refractivity contribution < 1.29 is 0 Å². The van der Waals surface area contributed by atoms with Gasteiger partial charge in [0.2, 0.25) is 0 Å². The molecule has 0 saturated heterocycles. The molecule has 0 saturated carbocycles. The molecule has 0 aliphatic heterocycles. The van der Waals surface area contributed by atoms with Crippen LogP contribution in [0, 0.1) is 0 Å². The Bertz CT molecular complexity index is 391. The van der Waals surface area contributed by atoms with E-state index in [4.69, 9.17) is 0 Å². The fourth-order valence-corrected chi connectivity index (χ4v) is 2.38. The van der Waals surface area contributed by atoms with Crippen molar-refractivity contribution in [1.82, 2.24) is 14.5 Å². The van der Waals surface area contributed by atoms with Gasteiger partial charge in [-0.15, -0.1) is 0 Å². The third-order valence-electron chi connectivity index (χ3n) is 1.59. The molecule has 0 radical (unpaired) electrons. The number of rotatable bonds is 1. The van der Waals surface area contributed by atoms with Gasteiger partial charge in [-0.1, -0.05) is 0 Å². The largest absolute Gasteiger partial charge is 0.304 e. The fourth-order valence-electron chi connectivity index (χ4n) is 1.04. The van der Waals surface area contributed by atoms with Gasteiger partial charge in [-0.2, -0.15) is 0 Å². The summed E-state index contributed by atoms with van der Waals surface area (Å²) in [5, 5.41) is 0. The first-order valence-corrected chi connectivity index (χ1v) is 5.15. The van der Waals surface area contributed by atoms with E-state index in [-0.39, 0.29) is 0 Å². The Kier molecular flexibility index (Phi) is 2.46. The predicted octanol–water partition coefficient (Wildman–Crippen LogP) is 2.79. The van der Waals surface area contributed by atoms with E-state index in [0.29, 0.717) is 0 Å². The first kappa shape index (κ1) is 8.90. The van der Waals surface area contributed by atoms with E-state index in [1.807, 2.05) is 10.8 Å². The van der Waals surface area contributed by atoms with E-state index in [9.17, 15) is 0 Å². The average molecular weight is 303 g/mol. The van der Waals surface area contributed by atoms with Crippen molar-refractivity contribution in [3.05, 3.63) is 40.1 Å². The molecule has 0 atom stereocenters. The summed E-state index contributed by atoms with van der Waals surface area (Å²) < 4.78 is 3.77. The lowest BCUT2D eigenvalue weighted by molar-refractivity contribution is 1.03. The molecule has 2 aromatic rings. The van der Waals surface area contributed by atoms with Crippen molar-refractivity contribution in [2.45, 2.75) is 0 Å². The maximum absolute atomic E-state index is 4.03. The molecule has 0 aromatic carbocycles. The van der Waals surface area contributed by atoms with Crippen LogP contribution in [0.2, 0.25) is 0 Å². The molecule has 3 nitrogen and oxygen atoms in total. The molecule has 0 aliphatic carbocycles. The maximum atomic E-state index is 4.03. The number of aromatic nitrogens is 3. The summed E-state index contributed by atoms with van der Waals surface area (Å²) in [7, 11) is 0. The second-order valence-corrected chi connectivity index (χ2v) is 4.13. The Labute approximate surface area is 92.1 Å². The summed E-state index contributed by atoms with van der Waals surface area (Å²) >= 11 is 6.85. The van der Waals surface area contributed by atoms with E-state index in [1.165, 1.54) is 0 Å². The first-order valence-electron chi connectivity index (χ1n) is 3.56. The summed E-state index contributed by atoms with van der Waals surface area (Å²) in [6, 6.07) is 0. The molecule has 2 rings (SSSR count). The lowest BCUT2D eigenvalue weighted by Gasteiger charge is -2.06. The van der Waals surface area contributed by atoms with E-state index < -0.39 is 0 Å². The Morgan fingerprint density at radius 3 is 2.31 bits per heavy atom. The number of nitrogens with zero attached hydrogens (tertiary/aromatic N) is 3. The minimum atomic E-state index is 0.930. The zero-order chi connectivity index (χ0) is 9.26. The Morgan fingerprint density at radius 1 is 1.08 bits per heavy atom. The molecule has 0 aliphatic rings. The Hall–Kier alpha value is -0.680. The van der Waals surface area contributed by atoms with Crippen molar-refractivity contribution >= 4 is 31.9 Å². The number of halogens is 2. The van der Waals surface area contributed by atoms with Gasteiger partial charge in [0.1, 0.15) is 0 Å². The van der Waals surface area contributed by atoms with Crippen LogP contribution in [0.15, 0.2) is 40.1 Å². The summed E-state index contributed by atoms with van der Waals surface area (Å²) in [6.07, 6.45) is 8.86. The quantitative estimate of drug-likeness (QED) is 0.811. The molecular formula is C8H5Br2N3. The van der Waals surface area contributed by atoms with Crippen LogP contribution in [0.4, 0.5) is 0 Å². The highest BCUT2D eigenvalue weighted by Crippen LogP contribution is 2.27. The van der Waals surface area contributed by atoms with E-state index in [2.05, 4.69) is 41.8 Å². The van der Waals surface area contributed by atoms with Crippen molar-refractivity contribution in [3.8, 4) is 5.69 Å². The van der Waals surface area contributed by atoms with Crippen molar-refractivity contribution in [3.63, 3.8) is 0 Å². The second-order valence-electron chi connectivity index (χ2n) is 2.42. The summed E-state index contributed by atoms with van der Waals surface area (Å²) in [5.41, 5.74) is 1.01. The minimum absolute atomic E-state index is 0.930. The lowest BCUT2D eigenvalue weighted by Crippen LogP contribution is -1.93. The van der Waals surface area contributed by atoms with Crippen molar-refractivity contribution in [2.24, 2.45) is 0 Å². The Morgan fingerprint density at radius 2 is 1.77 bits per heavy atom. The highest BCUT2D eigenvalue weighted by atomic mass is 79.9. The maximum Gasteiger partial charge on any atom is 0.0992 e. The number of pyridine rings is 1. The second kappa shape index (κ2) is 3.59. The smallest absolute Gasteiger partial charge is 0.0992 e. The summed E-state index contributed by atoms with van der Waals surface area (Å²) in [6.45, 7) is 0. The van der Waals surface area contributed by atoms with Crippen molar-refractivity contribution in [1.29, 1.82) is 0 Å². The number of hydrogen-bond acceptors (Lipinski definition) is 2. The molecule has 0 fully saturated rings. The van der Waals surface area contributed by atoms with Gasteiger partial charge >= 0.3 is 0 Å². The molecule has 2 aromatic heterocycles. The standard InChI is InChI=1S/C8H5Br2N3/c9-6-3-12-4-7(10)8(6)13-2-1-11-5-13/h1-5H. The Balaban J connectivity index is 2.64. The van der Waals surface area contributed by atoms with Gasteiger partial charge in [-0.3, -0.25) is 4.98 Å². The SMILES string of the molecule is Brc1cncc(Br)c1-n1ccnc1. The van der Waals surface area contributed by atoms with Crippen LogP contribution in [-0.4, -0.2) is 14.5 Å². The molecule has 0 N–H and O–H groups in total. The first-order chi connectivity index (χ1) is 6.29. The molecule has 2 heterocycles. The van der Waals surface area contributed by atoms with Crippen LogP contribution < -0.4 is 0 Å². The van der Waals surface area contributed by atoms with Gasteiger partial charge in [-0.25, -0.2) is 4.98 Å².